The lowest BCUT2D eigenvalue weighted by Crippen LogP contribution is -2.29. The summed E-state index contributed by atoms with van der Waals surface area (Å²) in [7, 11) is -4.45. The van der Waals surface area contributed by atoms with E-state index in [2.05, 4.69) is 62.5 Å². The van der Waals surface area contributed by atoms with Crippen LogP contribution >= 0.6 is 7.82 Å². The molecule has 1 aliphatic rings. The van der Waals surface area contributed by atoms with Crippen molar-refractivity contribution in [3.63, 3.8) is 0 Å². The second-order valence-corrected chi connectivity index (χ2v) is 15.7. The van der Waals surface area contributed by atoms with Gasteiger partial charge in [0.15, 0.2) is 6.10 Å². The maximum atomic E-state index is 12.6. The zero-order valence-electron chi connectivity index (χ0n) is 34.1. The lowest BCUT2D eigenvalue weighted by atomic mass is 9.88. The van der Waals surface area contributed by atoms with Gasteiger partial charge in [-0.15, -0.1) is 0 Å². The van der Waals surface area contributed by atoms with Crippen molar-refractivity contribution in [1.82, 2.24) is 0 Å². The van der Waals surface area contributed by atoms with Crippen LogP contribution < -0.4 is 5.73 Å². The highest BCUT2D eigenvalue weighted by atomic mass is 31.2. The van der Waals surface area contributed by atoms with Gasteiger partial charge in [0.2, 0.25) is 0 Å². The van der Waals surface area contributed by atoms with Gasteiger partial charge in [-0.1, -0.05) is 113 Å². The van der Waals surface area contributed by atoms with Gasteiger partial charge in [0.1, 0.15) is 12.4 Å². The van der Waals surface area contributed by atoms with Crippen LogP contribution in [0.25, 0.3) is 0 Å². The number of ketones is 1. The Labute approximate surface area is 336 Å². The topological polar surface area (TPSA) is 192 Å². The van der Waals surface area contributed by atoms with E-state index in [0.29, 0.717) is 25.7 Å². The van der Waals surface area contributed by atoms with E-state index in [-0.39, 0.29) is 56.6 Å². The summed E-state index contributed by atoms with van der Waals surface area (Å²) in [5.41, 5.74) is 5.33. The van der Waals surface area contributed by atoms with Crippen molar-refractivity contribution in [3.8, 4) is 0 Å². The number of phosphoric acid groups is 1. The monoisotopic (exact) mass is 809 g/mol. The van der Waals surface area contributed by atoms with Crippen molar-refractivity contribution < 1.29 is 52.6 Å². The zero-order valence-corrected chi connectivity index (χ0v) is 35.0. The van der Waals surface area contributed by atoms with Crippen LogP contribution in [0.5, 0.6) is 0 Å². The number of phosphoric ester groups is 1. The quantitative estimate of drug-likeness (QED) is 0.0211. The van der Waals surface area contributed by atoms with Crippen LogP contribution in [-0.4, -0.2) is 77.5 Å². The van der Waals surface area contributed by atoms with E-state index in [4.69, 9.17) is 24.3 Å². The Kier molecular flexibility index (Phi) is 30.5. The number of carbonyl (C=O) groups is 3. The van der Waals surface area contributed by atoms with E-state index < -0.39 is 44.7 Å². The van der Waals surface area contributed by atoms with Gasteiger partial charge in [-0.3, -0.25) is 23.4 Å². The van der Waals surface area contributed by atoms with E-state index in [1.807, 2.05) is 6.08 Å². The molecule has 1 aliphatic carbocycles. The molecule has 0 amide bonds. The average Bonchev–Trinajstić information content (AvgIpc) is 3.44. The summed E-state index contributed by atoms with van der Waals surface area (Å²) >= 11 is 0. The fourth-order valence-electron chi connectivity index (χ4n) is 6.17. The maximum absolute atomic E-state index is 12.6. The summed E-state index contributed by atoms with van der Waals surface area (Å²) in [4.78, 5) is 47.6. The summed E-state index contributed by atoms with van der Waals surface area (Å²) in [5.74, 6) is -1.58. The third-order valence-corrected chi connectivity index (χ3v) is 10.3. The first-order valence-corrected chi connectivity index (χ1v) is 22.4. The molecule has 0 aromatic carbocycles. The molecular formula is C43H72NO11P. The number of esters is 2. The molecule has 0 aromatic heterocycles. The van der Waals surface area contributed by atoms with Gasteiger partial charge in [-0.2, -0.15) is 0 Å². The number of aliphatic hydroxyl groups excluding tert-OH is 2. The average molecular weight is 810 g/mol. The molecule has 1 fully saturated rings. The highest BCUT2D eigenvalue weighted by molar-refractivity contribution is 7.47. The maximum Gasteiger partial charge on any atom is 0.472 e. The number of hydrogen-bond acceptors (Lipinski definition) is 11. The van der Waals surface area contributed by atoms with Crippen LogP contribution in [0.15, 0.2) is 60.8 Å². The minimum absolute atomic E-state index is 0.00874. The van der Waals surface area contributed by atoms with Crippen LogP contribution in [0.1, 0.15) is 136 Å². The number of aliphatic hydroxyl groups is 2. The molecule has 0 saturated heterocycles. The van der Waals surface area contributed by atoms with Crippen LogP contribution in [0.2, 0.25) is 0 Å². The molecule has 0 radical (unpaired) electrons. The van der Waals surface area contributed by atoms with Crippen LogP contribution in [0.3, 0.4) is 0 Å². The number of ether oxygens (including phenoxy) is 2. The molecule has 5 N–H and O–H groups in total. The number of hydrogen-bond donors (Lipinski definition) is 4. The Morgan fingerprint density at radius 1 is 0.839 bits per heavy atom. The van der Waals surface area contributed by atoms with Crippen molar-refractivity contribution in [2.24, 2.45) is 17.6 Å². The number of Topliss-reactive ketones (excluding diaryl/α,β-unsaturated/α-hetero) is 1. The Balaban J connectivity index is 2.43. The van der Waals surface area contributed by atoms with Gasteiger partial charge < -0.3 is 30.3 Å². The van der Waals surface area contributed by atoms with Crippen LogP contribution in [0.4, 0.5) is 0 Å². The van der Waals surface area contributed by atoms with Gasteiger partial charge >= 0.3 is 19.8 Å². The van der Waals surface area contributed by atoms with E-state index >= 15 is 0 Å². The molecule has 1 saturated carbocycles. The first kappa shape index (κ1) is 51.3. The Bertz CT molecular complexity index is 1260. The van der Waals surface area contributed by atoms with E-state index in [9.17, 15) is 34.1 Å². The highest BCUT2D eigenvalue weighted by Crippen LogP contribution is 2.43. The largest absolute Gasteiger partial charge is 0.472 e. The van der Waals surface area contributed by atoms with Gasteiger partial charge in [-0.05, 0) is 64.2 Å². The predicted octanol–water partition coefficient (Wildman–Crippen LogP) is 8.30. The third kappa shape index (κ3) is 27.0. The predicted molar refractivity (Wildman–Crippen MR) is 220 cm³/mol. The van der Waals surface area contributed by atoms with Gasteiger partial charge in [0.25, 0.3) is 0 Å². The van der Waals surface area contributed by atoms with Crippen molar-refractivity contribution in [3.05, 3.63) is 60.8 Å². The second-order valence-electron chi connectivity index (χ2n) is 14.3. The van der Waals surface area contributed by atoms with Gasteiger partial charge in [-0.25, -0.2) is 4.57 Å². The number of allylic oxidation sites excluding steroid dienone is 8. The molecule has 6 atom stereocenters. The zero-order chi connectivity index (χ0) is 41.3. The summed E-state index contributed by atoms with van der Waals surface area (Å²) < 4.78 is 32.7. The van der Waals surface area contributed by atoms with Crippen molar-refractivity contribution in [1.29, 1.82) is 0 Å². The highest BCUT2D eigenvalue weighted by Gasteiger charge is 2.39. The molecule has 0 aliphatic heterocycles. The number of nitrogens with two attached hydrogens (primary N) is 1. The Morgan fingerprint density at radius 2 is 1.48 bits per heavy atom. The molecule has 0 spiro atoms. The minimum atomic E-state index is -4.45. The molecule has 320 valence electrons. The first-order valence-electron chi connectivity index (χ1n) is 20.9. The summed E-state index contributed by atoms with van der Waals surface area (Å²) in [6.07, 6.45) is 31.6. The number of carbonyl (C=O) groups excluding carboxylic acids is 3. The molecule has 1 rings (SSSR count). The van der Waals surface area contributed by atoms with Crippen LogP contribution in [0, 0.1) is 11.8 Å². The van der Waals surface area contributed by atoms with Gasteiger partial charge in [0.05, 0.1) is 25.4 Å². The first-order chi connectivity index (χ1) is 27.0. The molecule has 56 heavy (non-hydrogen) atoms. The molecule has 0 heterocycles. The number of rotatable bonds is 34. The molecule has 0 bridgehead atoms. The van der Waals surface area contributed by atoms with E-state index in [1.165, 1.54) is 0 Å². The fourth-order valence-corrected chi connectivity index (χ4v) is 6.93. The summed E-state index contributed by atoms with van der Waals surface area (Å²) in [6, 6.07) is 0. The van der Waals surface area contributed by atoms with Crippen molar-refractivity contribution in [2.75, 3.05) is 26.4 Å². The molecule has 13 heteroatoms. The normalized spacial score (nSPS) is 19.9. The van der Waals surface area contributed by atoms with Gasteiger partial charge in [0, 0.05) is 37.6 Å². The molecular weight excluding hydrogens is 737 g/mol. The number of unbranched alkanes of at least 4 members (excludes halogenated alkanes) is 7. The van der Waals surface area contributed by atoms with Crippen LogP contribution in [-0.2, 0) is 37.5 Å². The van der Waals surface area contributed by atoms with Crippen molar-refractivity contribution >= 4 is 25.5 Å². The third-order valence-electron chi connectivity index (χ3n) is 9.28. The SMILES string of the molecule is CC/C=C\C/C=C\C/C=C\C/C=C\CCCCC(=O)O[C@H](COC(=O)CCCCCC[C@H]1C(=O)C[C@@H](O)[C@@H]1/C=C/[C@@H](O)CCCCC)COP(=O)(O)OCCN. The van der Waals surface area contributed by atoms with E-state index in [0.717, 1.165) is 77.0 Å². The fraction of sp³-hybridized carbons (Fsp3) is 0.698. The Hall–Kier alpha value is -2.70. The molecule has 12 nitrogen and oxygen atoms in total. The molecule has 0 aromatic rings. The second kappa shape index (κ2) is 33.3. The van der Waals surface area contributed by atoms with Crippen molar-refractivity contribution in [2.45, 2.75) is 154 Å². The lowest BCUT2D eigenvalue weighted by molar-refractivity contribution is -0.161. The standard InChI is InChI=1S/C43H72NO11P/c1-3-5-7-8-9-10-11-12-13-14-15-16-17-18-24-28-43(49)55-37(35-54-56(50,51)53-32-31-44)34-52-42(48)27-23-20-19-22-26-38-39(41(47)33-40(38)46)30-29-36(45)25-21-6-4-2/h5,7,9-10,12-13,15-16,29-30,36-39,41,45,47H,3-4,6,8,11,14,17-28,31-35,44H2,1-2H3,(H,50,51)/b7-5-,10-9-,13-12-,16-15-,30-29+/t36-,37+,38+,39+,41+/m0/s1. The Morgan fingerprint density at radius 3 is 2.16 bits per heavy atom. The van der Waals surface area contributed by atoms with E-state index in [1.54, 1.807) is 6.08 Å². The minimum Gasteiger partial charge on any atom is -0.462 e. The lowest BCUT2D eigenvalue weighted by Gasteiger charge is -2.20. The molecule has 1 unspecified atom stereocenters. The smallest absolute Gasteiger partial charge is 0.462 e. The summed E-state index contributed by atoms with van der Waals surface area (Å²) in [5, 5.41) is 20.7. The summed E-state index contributed by atoms with van der Waals surface area (Å²) in [6.45, 7) is 3.17.